The van der Waals surface area contributed by atoms with Gasteiger partial charge in [-0.2, -0.15) is 5.10 Å². The first-order chi connectivity index (χ1) is 23.2. The highest BCUT2D eigenvalue weighted by molar-refractivity contribution is 6.74. The molecule has 0 spiro atoms. The zero-order valence-electron chi connectivity index (χ0n) is 34.0. The predicted octanol–water partition coefficient (Wildman–Crippen LogP) is 10.1. The molecule has 4 aliphatic rings. The lowest BCUT2D eigenvalue weighted by Crippen LogP contribution is -2.74. The highest BCUT2D eigenvalue weighted by atomic mass is 28.4. The summed E-state index contributed by atoms with van der Waals surface area (Å²) in [6, 6.07) is 5.99. The van der Waals surface area contributed by atoms with Gasteiger partial charge in [0, 0.05) is 35.5 Å². The highest BCUT2D eigenvalue weighted by Crippen LogP contribution is 2.69. The molecule has 51 heavy (non-hydrogen) atoms. The van der Waals surface area contributed by atoms with Crippen molar-refractivity contribution in [3.8, 4) is 0 Å². The first-order valence-electron chi connectivity index (χ1n) is 19.0. The Bertz CT molecular complexity index is 1590. The van der Waals surface area contributed by atoms with Crippen LogP contribution < -0.4 is 10.2 Å². The molecule has 0 radical (unpaired) electrons. The van der Waals surface area contributed by atoms with Crippen molar-refractivity contribution < 1.29 is 23.5 Å². The minimum atomic E-state index is -1.90. The topological polar surface area (TPSA) is 108 Å². The van der Waals surface area contributed by atoms with Gasteiger partial charge in [0.05, 0.1) is 16.9 Å². The summed E-state index contributed by atoms with van der Waals surface area (Å²) >= 11 is 0. The van der Waals surface area contributed by atoms with Crippen LogP contribution in [0.15, 0.2) is 24.4 Å². The minimum absolute atomic E-state index is 0.135. The van der Waals surface area contributed by atoms with Gasteiger partial charge >= 0.3 is 12.2 Å². The number of rotatable bonds is 9. The number of ether oxygens (including phenoxy) is 2. The van der Waals surface area contributed by atoms with Gasteiger partial charge in [0.1, 0.15) is 17.0 Å². The molecule has 2 aromatic heterocycles. The Labute approximate surface area is 307 Å². The number of nitrogens with one attached hydrogen (secondary N) is 1. The Balaban J connectivity index is 1.36. The molecule has 6 rings (SSSR count). The van der Waals surface area contributed by atoms with E-state index in [-0.39, 0.29) is 34.1 Å². The van der Waals surface area contributed by atoms with E-state index < -0.39 is 31.2 Å². The Kier molecular flexibility index (Phi) is 10.2. The van der Waals surface area contributed by atoms with Crippen LogP contribution in [0.4, 0.5) is 21.1 Å². The van der Waals surface area contributed by atoms with E-state index in [1.165, 1.54) is 0 Å². The normalized spacial score (nSPS) is 25.1. The summed E-state index contributed by atoms with van der Waals surface area (Å²) < 4.78 is 20.3. The number of nitrogens with zero attached hydrogens (tertiary/aromatic N) is 4. The van der Waals surface area contributed by atoms with Crippen LogP contribution >= 0.6 is 0 Å². The first-order valence-corrected chi connectivity index (χ1v) is 21.9. The molecule has 0 aromatic carbocycles. The van der Waals surface area contributed by atoms with Crippen LogP contribution in [0, 0.1) is 5.41 Å². The molecule has 2 atom stereocenters. The molecule has 284 valence electrons. The second-order valence-corrected chi connectivity index (χ2v) is 25.0. The average molecular weight is 724 g/mol. The third kappa shape index (κ3) is 9.00. The van der Waals surface area contributed by atoms with Gasteiger partial charge in [0.2, 0.25) is 0 Å². The van der Waals surface area contributed by atoms with Crippen LogP contribution in [0.3, 0.4) is 0 Å². The van der Waals surface area contributed by atoms with E-state index >= 15 is 0 Å². The third-order valence-corrected chi connectivity index (χ3v) is 15.6. The van der Waals surface area contributed by atoms with Crippen molar-refractivity contribution in [1.82, 2.24) is 20.1 Å². The molecular formula is C40H65N5O5Si. The number of carbonyl (C=O) groups excluding carboxylic acids is 2. The zero-order valence-corrected chi connectivity index (χ0v) is 35.0. The van der Waals surface area contributed by atoms with Gasteiger partial charge in [-0.05, 0) is 149 Å². The van der Waals surface area contributed by atoms with Gasteiger partial charge in [0.15, 0.2) is 8.32 Å². The van der Waals surface area contributed by atoms with Gasteiger partial charge in [-0.1, -0.05) is 20.8 Å². The Morgan fingerprint density at radius 3 is 2.14 bits per heavy atom. The SMILES string of the molecule is CC(C)(C)OC(=O)NC12CC(CCc3cc(N(C(=O)OC(C)(C)C)c4cc([C@H]5CC[C@@H](O[Si](C)(C)C(C)(C)C)C5)nn4C(C)(C)C)ccn3)(C1)C2. The summed E-state index contributed by atoms with van der Waals surface area (Å²) in [7, 11) is -1.90. The second kappa shape index (κ2) is 13.2. The lowest BCUT2D eigenvalue weighted by atomic mass is 9.38. The zero-order chi connectivity index (χ0) is 38.0. The van der Waals surface area contributed by atoms with E-state index in [0.717, 1.165) is 62.8 Å². The minimum Gasteiger partial charge on any atom is -0.444 e. The number of anilines is 2. The number of aryl methyl sites for hydroxylation is 1. The van der Waals surface area contributed by atoms with Gasteiger partial charge in [-0.25, -0.2) is 19.2 Å². The van der Waals surface area contributed by atoms with E-state index in [2.05, 4.69) is 66.0 Å². The molecule has 4 fully saturated rings. The number of alkyl carbamates (subject to hydrolysis) is 1. The van der Waals surface area contributed by atoms with Crippen molar-refractivity contribution in [2.75, 3.05) is 4.90 Å². The van der Waals surface area contributed by atoms with Crippen LogP contribution in [0.5, 0.6) is 0 Å². The van der Waals surface area contributed by atoms with Crippen LogP contribution in [-0.4, -0.2) is 58.1 Å². The maximum absolute atomic E-state index is 14.2. The van der Waals surface area contributed by atoms with Crippen molar-refractivity contribution in [2.24, 2.45) is 5.41 Å². The van der Waals surface area contributed by atoms with Crippen molar-refractivity contribution in [3.05, 3.63) is 35.8 Å². The molecule has 0 aliphatic heterocycles. The number of hydrogen-bond acceptors (Lipinski definition) is 7. The fraction of sp³-hybridized carbons (Fsp3) is 0.750. The molecule has 10 nitrogen and oxygen atoms in total. The molecule has 4 saturated carbocycles. The number of pyridine rings is 1. The van der Waals surface area contributed by atoms with Gasteiger partial charge in [0.25, 0.3) is 0 Å². The standard InChI is InChI=1S/C40H65N5O5Si/c1-35(2,3)45-32(23-31(43-45)27-15-16-30(21-27)50-51(13,14)38(10,11)12)44(34(47)49-37(7,8)9)29-18-20-41-28(22-29)17-19-39-24-40(25-39,26-39)42-33(46)48-36(4,5)6/h18,20,22-23,27,30H,15-17,19,21,24-26H2,1-14H3,(H,42,46)/t27-,30+,39?,40?/m0/s1. The summed E-state index contributed by atoms with van der Waals surface area (Å²) in [6.07, 6.45) is 8.78. The van der Waals surface area contributed by atoms with E-state index in [4.69, 9.17) is 24.0 Å². The second-order valence-electron chi connectivity index (χ2n) is 20.3. The molecule has 11 heteroatoms. The van der Waals surface area contributed by atoms with Crippen LogP contribution in [0.2, 0.25) is 18.1 Å². The average Bonchev–Trinajstić information content (AvgIpc) is 3.54. The summed E-state index contributed by atoms with van der Waals surface area (Å²) in [4.78, 5) is 33.0. The largest absolute Gasteiger partial charge is 0.444 e. The Hall–Kier alpha value is -2.92. The quantitative estimate of drug-likeness (QED) is 0.257. The lowest BCUT2D eigenvalue weighted by molar-refractivity contribution is -0.155. The third-order valence-electron chi connectivity index (χ3n) is 11.1. The van der Waals surface area contributed by atoms with E-state index in [1.54, 1.807) is 11.1 Å². The number of amides is 2. The van der Waals surface area contributed by atoms with E-state index in [1.807, 2.05) is 58.4 Å². The highest BCUT2D eigenvalue weighted by Gasteiger charge is 2.68. The van der Waals surface area contributed by atoms with Crippen molar-refractivity contribution in [3.63, 3.8) is 0 Å². The predicted molar refractivity (Wildman–Crippen MR) is 205 cm³/mol. The van der Waals surface area contributed by atoms with E-state index in [0.29, 0.717) is 11.5 Å². The Morgan fingerprint density at radius 2 is 1.57 bits per heavy atom. The summed E-state index contributed by atoms with van der Waals surface area (Å²) in [5.74, 6) is 0.934. The molecule has 0 saturated heterocycles. The van der Waals surface area contributed by atoms with Crippen molar-refractivity contribution in [2.45, 2.75) is 187 Å². The molecule has 1 N–H and O–H groups in total. The van der Waals surface area contributed by atoms with Gasteiger partial charge in [-0.15, -0.1) is 0 Å². The van der Waals surface area contributed by atoms with Gasteiger partial charge in [-0.3, -0.25) is 4.98 Å². The molecule has 0 unspecified atom stereocenters. The first kappa shape index (κ1) is 39.3. The summed E-state index contributed by atoms with van der Waals surface area (Å²) in [5, 5.41) is 8.47. The maximum atomic E-state index is 14.2. The number of carbonyl (C=O) groups is 2. The van der Waals surface area contributed by atoms with E-state index in [9.17, 15) is 9.59 Å². The van der Waals surface area contributed by atoms with Crippen molar-refractivity contribution >= 4 is 32.0 Å². The molecule has 2 heterocycles. The molecule has 4 aliphatic carbocycles. The van der Waals surface area contributed by atoms with Crippen LogP contribution in [0.1, 0.15) is 145 Å². The summed E-state index contributed by atoms with van der Waals surface area (Å²) in [5.41, 5.74) is 1.10. The Morgan fingerprint density at radius 1 is 0.941 bits per heavy atom. The lowest BCUT2D eigenvalue weighted by Gasteiger charge is -2.70. The maximum Gasteiger partial charge on any atom is 0.420 e. The fourth-order valence-corrected chi connectivity index (χ4v) is 9.24. The number of aromatic nitrogens is 3. The van der Waals surface area contributed by atoms with Crippen LogP contribution in [-0.2, 0) is 25.9 Å². The fourth-order valence-electron chi connectivity index (χ4n) is 7.84. The summed E-state index contributed by atoms with van der Waals surface area (Å²) in [6.45, 7) is 29.2. The molecular weight excluding hydrogens is 659 g/mol. The number of hydrogen-bond donors (Lipinski definition) is 1. The molecule has 2 aromatic rings. The molecule has 2 amide bonds. The molecule has 2 bridgehead atoms. The van der Waals surface area contributed by atoms with Gasteiger partial charge < -0.3 is 19.2 Å². The monoisotopic (exact) mass is 723 g/mol. The smallest absolute Gasteiger partial charge is 0.420 e. The van der Waals surface area contributed by atoms with Crippen LogP contribution in [0.25, 0.3) is 0 Å². The van der Waals surface area contributed by atoms with Crippen molar-refractivity contribution in [1.29, 1.82) is 0 Å².